The molecule has 0 aliphatic rings. The first-order valence-corrected chi connectivity index (χ1v) is 6.24. The number of hydrogen-bond acceptors (Lipinski definition) is 2. The summed E-state index contributed by atoms with van der Waals surface area (Å²) >= 11 is 0. The van der Waals surface area contributed by atoms with Gasteiger partial charge in [0.05, 0.1) is 24.2 Å². The summed E-state index contributed by atoms with van der Waals surface area (Å²) in [5.74, 6) is 0. The second kappa shape index (κ2) is 5.98. The van der Waals surface area contributed by atoms with Crippen molar-refractivity contribution >= 4 is 0 Å². The molecule has 2 aromatic rings. The van der Waals surface area contributed by atoms with E-state index in [4.69, 9.17) is 5.26 Å². The molecule has 0 amide bonds. The first kappa shape index (κ1) is 15.1. The zero-order chi connectivity index (χ0) is 15.5. The molecule has 21 heavy (non-hydrogen) atoms. The van der Waals surface area contributed by atoms with E-state index in [0.29, 0.717) is 16.7 Å². The maximum Gasteiger partial charge on any atom is 0.416 e. The van der Waals surface area contributed by atoms with Gasteiger partial charge in [0.25, 0.3) is 0 Å². The molecule has 1 unspecified atom stereocenters. The third kappa shape index (κ3) is 3.61. The molecule has 1 N–H and O–H groups in total. The Bertz CT molecular complexity index is 656. The number of halogens is 3. The predicted octanol–water partition coefficient (Wildman–Crippen LogP) is 4.32. The first-order chi connectivity index (χ1) is 9.91. The fourth-order valence-electron chi connectivity index (χ4n) is 1.98. The smallest absolute Gasteiger partial charge is 0.387 e. The lowest BCUT2D eigenvalue weighted by Gasteiger charge is -2.10. The molecule has 0 aliphatic heterocycles. The van der Waals surface area contributed by atoms with E-state index in [-0.39, 0.29) is 6.42 Å². The Morgan fingerprint density at radius 2 is 1.71 bits per heavy atom. The number of nitrogens with zero attached hydrogens (tertiary/aromatic N) is 1. The lowest BCUT2D eigenvalue weighted by Crippen LogP contribution is -2.04. The molecule has 0 bridgehead atoms. The Kier molecular flexibility index (Phi) is 4.29. The van der Waals surface area contributed by atoms with Gasteiger partial charge in [0.15, 0.2) is 0 Å². The van der Waals surface area contributed by atoms with E-state index < -0.39 is 17.8 Å². The minimum atomic E-state index is -4.36. The highest BCUT2D eigenvalue weighted by Crippen LogP contribution is 2.31. The van der Waals surface area contributed by atoms with Crippen LogP contribution in [0.3, 0.4) is 0 Å². The maximum absolute atomic E-state index is 12.5. The van der Waals surface area contributed by atoms with Crippen LogP contribution in [0.5, 0.6) is 0 Å². The summed E-state index contributed by atoms with van der Waals surface area (Å²) in [6.07, 6.45) is -5.29. The highest BCUT2D eigenvalue weighted by atomic mass is 19.4. The van der Waals surface area contributed by atoms with Gasteiger partial charge in [0.2, 0.25) is 0 Å². The first-order valence-electron chi connectivity index (χ1n) is 6.24. The quantitative estimate of drug-likeness (QED) is 0.915. The zero-order valence-corrected chi connectivity index (χ0v) is 10.9. The van der Waals surface area contributed by atoms with Gasteiger partial charge in [0, 0.05) is 0 Å². The van der Waals surface area contributed by atoms with Crippen LogP contribution >= 0.6 is 0 Å². The van der Waals surface area contributed by atoms with Crippen molar-refractivity contribution in [2.75, 3.05) is 0 Å². The number of benzene rings is 2. The predicted molar refractivity (Wildman–Crippen MR) is 72.1 cm³/mol. The third-order valence-corrected chi connectivity index (χ3v) is 3.10. The van der Waals surface area contributed by atoms with Crippen molar-refractivity contribution in [2.45, 2.75) is 18.7 Å². The summed E-state index contributed by atoms with van der Waals surface area (Å²) in [5, 5.41) is 18.3. The molecule has 0 radical (unpaired) electrons. The standard InChI is InChI=1S/C16H12F3NO/c17-16(18,19)14-6-4-11(5-7-14)12-2-1-3-13(10-12)15(21)8-9-20/h1-7,10,15,21H,8H2. The van der Waals surface area contributed by atoms with Crippen LogP contribution < -0.4 is 0 Å². The van der Waals surface area contributed by atoms with Crippen LogP contribution in [0.2, 0.25) is 0 Å². The van der Waals surface area contributed by atoms with Gasteiger partial charge >= 0.3 is 6.18 Å². The second-order valence-electron chi connectivity index (χ2n) is 4.58. The second-order valence-corrected chi connectivity index (χ2v) is 4.58. The van der Waals surface area contributed by atoms with Crippen molar-refractivity contribution in [3.63, 3.8) is 0 Å². The largest absolute Gasteiger partial charge is 0.416 e. The summed E-state index contributed by atoms with van der Waals surface area (Å²) in [5.41, 5.74) is 1.17. The lowest BCUT2D eigenvalue weighted by atomic mass is 9.99. The molecule has 0 heterocycles. The topological polar surface area (TPSA) is 44.0 Å². The zero-order valence-electron chi connectivity index (χ0n) is 10.9. The van der Waals surface area contributed by atoms with E-state index in [9.17, 15) is 18.3 Å². The monoisotopic (exact) mass is 291 g/mol. The van der Waals surface area contributed by atoms with Gasteiger partial charge in [0.1, 0.15) is 0 Å². The molecule has 0 aromatic heterocycles. The molecule has 2 aromatic carbocycles. The molecule has 0 saturated heterocycles. The number of rotatable bonds is 3. The fraction of sp³-hybridized carbons (Fsp3) is 0.188. The minimum Gasteiger partial charge on any atom is -0.387 e. The fourth-order valence-corrected chi connectivity index (χ4v) is 1.98. The molecule has 2 nitrogen and oxygen atoms in total. The van der Waals surface area contributed by atoms with E-state index in [1.807, 2.05) is 6.07 Å². The molecule has 0 aliphatic carbocycles. The van der Waals surface area contributed by atoms with E-state index >= 15 is 0 Å². The van der Waals surface area contributed by atoms with E-state index in [1.165, 1.54) is 12.1 Å². The van der Waals surface area contributed by atoms with Crippen molar-refractivity contribution in [3.8, 4) is 17.2 Å². The van der Waals surface area contributed by atoms with Crippen molar-refractivity contribution in [1.82, 2.24) is 0 Å². The minimum absolute atomic E-state index is 0.0313. The third-order valence-electron chi connectivity index (χ3n) is 3.10. The number of alkyl halides is 3. The van der Waals surface area contributed by atoms with Crippen molar-refractivity contribution in [2.24, 2.45) is 0 Å². The van der Waals surface area contributed by atoms with Gasteiger partial charge in [-0.2, -0.15) is 18.4 Å². The molecule has 0 spiro atoms. The van der Waals surface area contributed by atoms with Crippen LogP contribution in [0.4, 0.5) is 13.2 Å². The normalized spacial score (nSPS) is 12.7. The number of hydrogen-bond donors (Lipinski definition) is 1. The van der Waals surface area contributed by atoms with Gasteiger partial charge in [-0.1, -0.05) is 30.3 Å². The molecule has 5 heteroatoms. The van der Waals surface area contributed by atoms with Gasteiger partial charge in [-0.25, -0.2) is 0 Å². The molecule has 2 rings (SSSR count). The Morgan fingerprint density at radius 3 is 2.29 bits per heavy atom. The highest BCUT2D eigenvalue weighted by molar-refractivity contribution is 5.64. The van der Waals surface area contributed by atoms with Crippen LogP contribution in [0.25, 0.3) is 11.1 Å². The summed E-state index contributed by atoms with van der Waals surface area (Å²) < 4.78 is 37.5. The Hall–Kier alpha value is -2.32. The maximum atomic E-state index is 12.5. The van der Waals surface area contributed by atoms with Gasteiger partial charge in [-0.3, -0.25) is 0 Å². The number of nitriles is 1. The van der Waals surface area contributed by atoms with Crippen LogP contribution in [-0.2, 0) is 6.18 Å². The molecule has 108 valence electrons. The average molecular weight is 291 g/mol. The van der Waals surface area contributed by atoms with Gasteiger partial charge < -0.3 is 5.11 Å². The molecule has 1 atom stereocenters. The number of aliphatic hydroxyl groups is 1. The molecular formula is C16H12F3NO. The highest BCUT2D eigenvalue weighted by Gasteiger charge is 2.29. The van der Waals surface area contributed by atoms with Gasteiger partial charge in [-0.05, 0) is 34.9 Å². The van der Waals surface area contributed by atoms with Crippen molar-refractivity contribution < 1.29 is 18.3 Å². The number of aliphatic hydroxyl groups excluding tert-OH is 1. The SMILES string of the molecule is N#CCC(O)c1cccc(-c2ccc(C(F)(F)F)cc2)c1. The van der Waals surface area contributed by atoms with E-state index in [2.05, 4.69) is 0 Å². The van der Waals surface area contributed by atoms with Gasteiger partial charge in [-0.15, -0.1) is 0 Å². The molecule has 0 saturated carbocycles. The van der Waals surface area contributed by atoms with Crippen LogP contribution in [-0.4, -0.2) is 5.11 Å². The Labute approximate surface area is 120 Å². The summed E-state index contributed by atoms with van der Waals surface area (Å²) in [4.78, 5) is 0. The average Bonchev–Trinajstić information content (AvgIpc) is 2.47. The summed E-state index contributed by atoms with van der Waals surface area (Å²) in [6.45, 7) is 0. The lowest BCUT2D eigenvalue weighted by molar-refractivity contribution is -0.137. The van der Waals surface area contributed by atoms with Crippen molar-refractivity contribution in [1.29, 1.82) is 5.26 Å². The Morgan fingerprint density at radius 1 is 1.05 bits per heavy atom. The van der Waals surface area contributed by atoms with Crippen LogP contribution in [0.1, 0.15) is 23.7 Å². The molecular weight excluding hydrogens is 279 g/mol. The summed E-state index contributed by atoms with van der Waals surface area (Å²) in [6, 6.07) is 13.5. The Balaban J connectivity index is 2.30. The summed E-state index contributed by atoms with van der Waals surface area (Å²) in [7, 11) is 0. The van der Waals surface area contributed by atoms with Crippen LogP contribution in [0, 0.1) is 11.3 Å². The molecule has 0 fully saturated rings. The van der Waals surface area contributed by atoms with Crippen LogP contribution in [0.15, 0.2) is 48.5 Å². The van der Waals surface area contributed by atoms with Crippen molar-refractivity contribution in [3.05, 3.63) is 59.7 Å². The van der Waals surface area contributed by atoms with E-state index in [0.717, 1.165) is 12.1 Å². The van der Waals surface area contributed by atoms with E-state index in [1.54, 1.807) is 24.3 Å².